The lowest BCUT2D eigenvalue weighted by Gasteiger charge is -2.49. The predicted octanol–water partition coefficient (Wildman–Crippen LogP) is 1.26. The molecule has 2 fully saturated rings. The largest absolute Gasteiger partial charge is 0.386 e. The molecule has 0 atom stereocenters. The number of piperidine rings is 1. The Balaban J connectivity index is 1.71. The van der Waals surface area contributed by atoms with Gasteiger partial charge < -0.3 is 19.9 Å². The van der Waals surface area contributed by atoms with E-state index < -0.39 is 5.60 Å². The molecule has 2 saturated heterocycles. The van der Waals surface area contributed by atoms with Crippen molar-refractivity contribution in [3.63, 3.8) is 0 Å². The fourth-order valence-electron chi connectivity index (χ4n) is 3.26. The lowest BCUT2D eigenvalue weighted by atomic mass is 9.83. The normalized spacial score (nSPS) is 22.4. The van der Waals surface area contributed by atoms with Crippen LogP contribution in [0, 0.1) is 5.92 Å². The van der Waals surface area contributed by atoms with Crippen molar-refractivity contribution < 1.29 is 9.90 Å². The maximum atomic E-state index is 12.6. The Labute approximate surface area is 125 Å². The molecule has 5 heteroatoms. The Bertz CT molecular complexity index is 511. The zero-order valence-corrected chi connectivity index (χ0v) is 12.9. The molecule has 1 amide bonds. The maximum Gasteiger partial charge on any atom is 0.270 e. The van der Waals surface area contributed by atoms with E-state index in [0.29, 0.717) is 19.1 Å². The predicted molar refractivity (Wildman–Crippen MR) is 81.3 cm³/mol. The van der Waals surface area contributed by atoms with Crippen LogP contribution in [0.5, 0.6) is 0 Å². The number of aromatic nitrogens is 1. The molecule has 0 spiro atoms. The summed E-state index contributed by atoms with van der Waals surface area (Å²) in [5.74, 6) is 0.224. The second kappa shape index (κ2) is 5.46. The third kappa shape index (κ3) is 2.60. The van der Waals surface area contributed by atoms with Crippen LogP contribution in [0.3, 0.4) is 0 Å². The molecular weight excluding hydrogens is 266 g/mol. The van der Waals surface area contributed by atoms with Gasteiger partial charge in [-0.25, -0.2) is 0 Å². The van der Waals surface area contributed by atoms with Crippen LogP contribution in [-0.4, -0.2) is 52.3 Å². The van der Waals surface area contributed by atoms with E-state index in [1.807, 2.05) is 32.2 Å². The molecule has 116 valence electrons. The third-order valence-corrected chi connectivity index (χ3v) is 4.99. The van der Waals surface area contributed by atoms with Gasteiger partial charge >= 0.3 is 0 Å². The second-order valence-corrected chi connectivity index (χ2v) is 6.70. The molecule has 21 heavy (non-hydrogen) atoms. The van der Waals surface area contributed by atoms with Crippen molar-refractivity contribution in [1.82, 2.24) is 14.8 Å². The van der Waals surface area contributed by atoms with E-state index in [0.717, 1.165) is 31.6 Å². The molecule has 1 aromatic heterocycles. The van der Waals surface area contributed by atoms with Crippen molar-refractivity contribution in [1.29, 1.82) is 0 Å². The number of hydrogen-bond donors (Lipinski definition) is 2. The number of aliphatic hydroxyl groups is 1. The van der Waals surface area contributed by atoms with Gasteiger partial charge in [-0.2, -0.15) is 0 Å². The summed E-state index contributed by atoms with van der Waals surface area (Å²) in [6, 6.07) is 4.26. The van der Waals surface area contributed by atoms with Crippen LogP contribution in [0.1, 0.15) is 43.2 Å². The van der Waals surface area contributed by atoms with Gasteiger partial charge in [0.1, 0.15) is 11.3 Å². The quantitative estimate of drug-likeness (QED) is 0.881. The molecule has 3 heterocycles. The van der Waals surface area contributed by atoms with Gasteiger partial charge in [0, 0.05) is 12.2 Å². The summed E-state index contributed by atoms with van der Waals surface area (Å²) in [6.45, 7) is 6.90. The Morgan fingerprint density at radius 3 is 2.67 bits per heavy atom. The summed E-state index contributed by atoms with van der Waals surface area (Å²) < 4.78 is 2.12. The van der Waals surface area contributed by atoms with Crippen LogP contribution in [0.25, 0.3) is 0 Å². The van der Waals surface area contributed by atoms with Crippen molar-refractivity contribution in [3.05, 3.63) is 24.0 Å². The number of rotatable bonds is 3. The molecule has 5 nitrogen and oxygen atoms in total. The van der Waals surface area contributed by atoms with Crippen LogP contribution >= 0.6 is 0 Å². The van der Waals surface area contributed by atoms with Crippen molar-refractivity contribution in [3.8, 4) is 0 Å². The molecule has 0 aliphatic carbocycles. The molecule has 0 bridgehead atoms. The van der Waals surface area contributed by atoms with Gasteiger partial charge in [0.25, 0.3) is 5.91 Å². The molecule has 2 aliphatic heterocycles. The molecule has 2 N–H and O–H groups in total. The third-order valence-electron chi connectivity index (χ3n) is 4.99. The standard InChI is InChI=1S/C16H25N3O2/c1-12(2)16(21)10-18(11-16)15(20)14-4-3-9-19(14)13-5-7-17-8-6-13/h3-4,9,12-13,17,21H,5-8,10-11H2,1-2H3. The fourth-order valence-corrected chi connectivity index (χ4v) is 3.26. The van der Waals surface area contributed by atoms with Crippen LogP contribution in [-0.2, 0) is 0 Å². The Morgan fingerprint density at radius 1 is 1.38 bits per heavy atom. The number of carbonyl (C=O) groups is 1. The van der Waals surface area contributed by atoms with Crippen LogP contribution in [0.4, 0.5) is 0 Å². The SMILES string of the molecule is CC(C)C1(O)CN(C(=O)c2cccn2C2CCNCC2)C1. The van der Waals surface area contributed by atoms with E-state index in [-0.39, 0.29) is 11.8 Å². The van der Waals surface area contributed by atoms with E-state index in [9.17, 15) is 9.90 Å². The first kappa shape index (κ1) is 14.6. The molecule has 1 aromatic rings. The first-order chi connectivity index (χ1) is 10.0. The highest BCUT2D eigenvalue weighted by atomic mass is 16.3. The number of likely N-dealkylation sites (tertiary alicyclic amines) is 1. The molecular formula is C16H25N3O2. The molecule has 0 radical (unpaired) electrons. The number of β-amino-alcohol motifs (C(OH)–C–C–N with tert-alkyl or cyclic N) is 1. The smallest absolute Gasteiger partial charge is 0.270 e. The number of nitrogens with zero attached hydrogens (tertiary/aromatic N) is 2. The van der Waals surface area contributed by atoms with E-state index in [1.54, 1.807) is 4.90 Å². The average molecular weight is 291 g/mol. The number of nitrogens with one attached hydrogen (secondary N) is 1. The molecule has 0 saturated carbocycles. The minimum atomic E-state index is -0.707. The summed E-state index contributed by atoms with van der Waals surface area (Å²) in [5.41, 5.74) is 0.0506. The minimum Gasteiger partial charge on any atom is -0.386 e. The van der Waals surface area contributed by atoms with Crippen molar-refractivity contribution >= 4 is 5.91 Å². The second-order valence-electron chi connectivity index (χ2n) is 6.70. The summed E-state index contributed by atoms with van der Waals surface area (Å²) in [4.78, 5) is 14.4. The van der Waals surface area contributed by atoms with E-state index in [4.69, 9.17) is 0 Å². The molecule has 0 aromatic carbocycles. The summed E-state index contributed by atoms with van der Waals surface area (Å²) >= 11 is 0. The van der Waals surface area contributed by atoms with E-state index in [2.05, 4.69) is 9.88 Å². The number of hydrogen-bond acceptors (Lipinski definition) is 3. The van der Waals surface area contributed by atoms with Gasteiger partial charge in [0.05, 0.1) is 13.1 Å². The van der Waals surface area contributed by atoms with Gasteiger partial charge in [-0.05, 0) is 44.0 Å². The highest BCUT2D eigenvalue weighted by Gasteiger charge is 2.46. The fraction of sp³-hybridized carbons (Fsp3) is 0.688. The van der Waals surface area contributed by atoms with Crippen LogP contribution in [0.2, 0.25) is 0 Å². The van der Waals surface area contributed by atoms with Crippen molar-refractivity contribution in [2.75, 3.05) is 26.2 Å². The van der Waals surface area contributed by atoms with E-state index in [1.165, 1.54) is 0 Å². The maximum absolute atomic E-state index is 12.6. The highest BCUT2D eigenvalue weighted by Crippen LogP contribution is 2.30. The van der Waals surface area contributed by atoms with Gasteiger partial charge in [-0.1, -0.05) is 13.8 Å². The first-order valence-corrected chi connectivity index (χ1v) is 7.90. The lowest BCUT2D eigenvalue weighted by molar-refractivity contribution is -0.111. The number of amides is 1. The van der Waals surface area contributed by atoms with Gasteiger partial charge in [-0.3, -0.25) is 4.79 Å². The zero-order valence-electron chi connectivity index (χ0n) is 12.9. The molecule has 3 rings (SSSR count). The average Bonchev–Trinajstić information content (AvgIpc) is 2.93. The van der Waals surface area contributed by atoms with Gasteiger partial charge in [0.15, 0.2) is 0 Å². The van der Waals surface area contributed by atoms with Crippen molar-refractivity contribution in [2.45, 2.75) is 38.3 Å². The monoisotopic (exact) mass is 291 g/mol. The zero-order chi connectivity index (χ0) is 15.0. The Morgan fingerprint density at radius 2 is 2.05 bits per heavy atom. The van der Waals surface area contributed by atoms with Gasteiger partial charge in [0.2, 0.25) is 0 Å². The minimum absolute atomic E-state index is 0.0452. The summed E-state index contributed by atoms with van der Waals surface area (Å²) in [5, 5.41) is 13.7. The highest BCUT2D eigenvalue weighted by molar-refractivity contribution is 5.93. The lowest BCUT2D eigenvalue weighted by Crippen LogP contribution is -2.66. The van der Waals surface area contributed by atoms with E-state index >= 15 is 0 Å². The number of carbonyl (C=O) groups excluding carboxylic acids is 1. The molecule has 2 aliphatic rings. The van der Waals surface area contributed by atoms with Crippen molar-refractivity contribution in [2.24, 2.45) is 5.92 Å². The van der Waals surface area contributed by atoms with Crippen LogP contribution < -0.4 is 5.32 Å². The summed E-state index contributed by atoms with van der Waals surface area (Å²) in [6.07, 6.45) is 4.13. The molecule has 0 unspecified atom stereocenters. The Hall–Kier alpha value is -1.33. The van der Waals surface area contributed by atoms with Crippen LogP contribution in [0.15, 0.2) is 18.3 Å². The topological polar surface area (TPSA) is 57.5 Å². The summed E-state index contributed by atoms with van der Waals surface area (Å²) in [7, 11) is 0. The van der Waals surface area contributed by atoms with Gasteiger partial charge in [-0.15, -0.1) is 0 Å². The first-order valence-electron chi connectivity index (χ1n) is 7.90. The Kier molecular flexibility index (Phi) is 3.80.